The van der Waals surface area contributed by atoms with E-state index in [1.54, 1.807) is 0 Å². The summed E-state index contributed by atoms with van der Waals surface area (Å²) < 4.78 is 0.879. The molecule has 0 aromatic carbocycles. The fourth-order valence-electron chi connectivity index (χ4n) is 2.50. The van der Waals surface area contributed by atoms with E-state index in [9.17, 15) is 0 Å². The Kier molecular flexibility index (Phi) is 6.62. The molecule has 0 aliphatic heterocycles. The minimum atomic E-state index is 0.879. The molecule has 1 nitrogen and oxygen atoms in total. The lowest BCUT2D eigenvalue weighted by atomic mass is 9.65. The van der Waals surface area contributed by atoms with Gasteiger partial charge in [0.2, 0.25) is 0 Å². The quantitative estimate of drug-likeness (QED) is 0.537. The maximum Gasteiger partial charge on any atom is 0.0166 e. The molecule has 1 aliphatic rings. The summed E-state index contributed by atoms with van der Waals surface area (Å²) in [6.07, 6.45) is 0. The second-order valence-corrected chi connectivity index (χ2v) is 6.18. The van der Waals surface area contributed by atoms with Crippen molar-refractivity contribution < 1.29 is 0 Å². The lowest BCUT2D eigenvalue weighted by Gasteiger charge is -2.44. The zero-order valence-corrected chi connectivity index (χ0v) is 12.6. The Morgan fingerprint density at radius 2 is 0.857 bits per heavy atom. The van der Waals surface area contributed by atoms with Crippen molar-refractivity contribution in [1.82, 2.24) is 0 Å². The average molecular weight is 311 g/mol. The third-order valence-electron chi connectivity index (χ3n) is 4.32. The number of rotatable bonds is 0. The van der Waals surface area contributed by atoms with Crippen LogP contribution in [0.15, 0.2) is 0 Å². The largest absolute Gasteiger partial charge is 0.333 e. The molecule has 4 atom stereocenters. The summed E-state index contributed by atoms with van der Waals surface area (Å²) in [5, 5.41) is 0. The Morgan fingerprint density at radius 1 is 0.643 bits per heavy atom. The Morgan fingerprint density at radius 3 is 1.14 bits per heavy atom. The van der Waals surface area contributed by atoms with Gasteiger partial charge in [0.1, 0.15) is 0 Å². The molecule has 0 radical (unpaired) electrons. The molecule has 0 aromatic heterocycles. The van der Waals surface area contributed by atoms with E-state index in [1.165, 1.54) is 7.05 Å². The second kappa shape index (κ2) is 6.31. The van der Waals surface area contributed by atoms with Gasteiger partial charge in [-0.2, -0.15) is 0 Å². The molecular formula is C12H26IN. The highest BCUT2D eigenvalue weighted by Gasteiger charge is 2.39. The maximum absolute atomic E-state index is 4.50. The van der Waals surface area contributed by atoms with Gasteiger partial charge in [0.15, 0.2) is 0 Å². The molecule has 0 bridgehead atoms. The molecule has 14 heavy (non-hydrogen) atoms. The molecule has 1 aliphatic carbocycles. The van der Waals surface area contributed by atoms with Crippen molar-refractivity contribution >= 4 is 22.6 Å². The van der Waals surface area contributed by atoms with Crippen LogP contribution in [0.4, 0.5) is 0 Å². The van der Waals surface area contributed by atoms with Crippen LogP contribution in [0.25, 0.3) is 0 Å². The average Bonchev–Trinajstić information content (AvgIpc) is 2.24. The van der Waals surface area contributed by atoms with Crippen LogP contribution in [0.1, 0.15) is 34.6 Å². The van der Waals surface area contributed by atoms with Crippen molar-refractivity contribution in [1.29, 1.82) is 0 Å². The van der Waals surface area contributed by atoms with Crippen molar-refractivity contribution in [3.05, 3.63) is 0 Å². The van der Waals surface area contributed by atoms with Crippen LogP contribution >= 0.6 is 22.6 Å². The van der Waals surface area contributed by atoms with E-state index in [2.05, 4.69) is 62.9 Å². The predicted octanol–water partition coefficient (Wildman–Crippen LogP) is 3.56. The minimum absolute atomic E-state index is 0.879. The predicted molar refractivity (Wildman–Crippen MR) is 73.7 cm³/mol. The Hall–Kier alpha value is 0.690. The van der Waals surface area contributed by atoms with E-state index in [-0.39, 0.29) is 0 Å². The first-order valence-electron chi connectivity index (χ1n) is 5.68. The third kappa shape index (κ3) is 2.84. The van der Waals surface area contributed by atoms with Gasteiger partial charge >= 0.3 is 0 Å². The van der Waals surface area contributed by atoms with Crippen LogP contribution in [0, 0.1) is 29.6 Å². The van der Waals surface area contributed by atoms with Crippen molar-refractivity contribution in [3.63, 3.8) is 0 Å². The maximum atomic E-state index is 4.50. The van der Waals surface area contributed by atoms with Gasteiger partial charge < -0.3 is 5.73 Å². The molecule has 1 saturated carbocycles. The van der Waals surface area contributed by atoms with E-state index >= 15 is 0 Å². The van der Waals surface area contributed by atoms with Crippen LogP contribution < -0.4 is 5.73 Å². The molecule has 4 unspecified atom stereocenters. The smallest absolute Gasteiger partial charge is 0.0166 e. The highest BCUT2D eigenvalue weighted by Crippen LogP contribution is 2.44. The summed E-state index contributed by atoms with van der Waals surface area (Å²) in [6, 6.07) is 0. The van der Waals surface area contributed by atoms with E-state index < -0.39 is 0 Å². The molecule has 0 aromatic rings. The first kappa shape index (κ1) is 14.7. The molecule has 0 spiro atoms. The van der Waals surface area contributed by atoms with E-state index in [0.29, 0.717) is 0 Å². The van der Waals surface area contributed by atoms with Gasteiger partial charge in [0.25, 0.3) is 0 Å². The zero-order chi connectivity index (χ0) is 11.5. The van der Waals surface area contributed by atoms with Crippen molar-refractivity contribution in [2.75, 3.05) is 7.05 Å². The van der Waals surface area contributed by atoms with Crippen LogP contribution in [-0.2, 0) is 0 Å². The van der Waals surface area contributed by atoms with Crippen molar-refractivity contribution in [2.45, 2.75) is 38.5 Å². The Labute approximate surface area is 103 Å². The molecule has 86 valence electrons. The van der Waals surface area contributed by atoms with E-state index in [0.717, 1.165) is 33.5 Å². The van der Waals surface area contributed by atoms with E-state index in [1.807, 2.05) is 0 Å². The normalized spacial score (nSPS) is 48.0. The summed E-state index contributed by atoms with van der Waals surface area (Å²) in [5.41, 5.74) is 4.50. The van der Waals surface area contributed by atoms with Crippen LogP contribution in [-0.4, -0.2) is 11.0 Å². The van der Waals surface area contributed by atoms with Crippen LogP contribution in [0.2, 0.25) is 0 Å². The molecule has 0 heterocycles. The van der Waals surface area contributed by atoms with Gasteiger partial charge in [0, 0.05) is 3.92 Å². The summed E-state index contributed by atoms with van der Waals surface area (Å²) in [6.45, 7) is 12.1. The lowest BCUT2D eigenvalue weighted by Crippen LogP contribution is -2.41. The van der Waals surface area contributed by atoms with E-state index in [4.69, 9.17) is 0 Å². The monoisotopic (exact) mass is 311 g/mol. The minimum Gasteiger partial charge on any atom is -0.333 e. The first-order chi connectivity index (χ1) is 6.46. The summed E-state index contributed by atoms with van der Waals surface area (Å²) >= 11 is 2.65. The van der Waals surface area contributed by atoms with Gasteiger partial charge in [-0.25, -0.2) is 0 Å². The molecule has 1 fully saturated rings. The van der Waals surface area contributed by atoms with Crippen molar-refractivity contribution in [2.24, 2.45) is 35.3 Å². The lowest BCUT2D eigenvalue weighted by molar-refractivity contribution is 0.0989. The molecule has 2 N–H and O–H groups in total. The fourth-order valence-corrected chi connectivity index (χ4v) is 3.81. The number of nitrogens with two attached hydrogens (primary N) is 1. The fraction of sp³-hybridized carbons (Fsp3) is 1.00. The number of halogens is 1. The summed E-state index contributed by atoms with van der Waals surface area (Å²) in [4.78, 5) is 0. The molecule has 2 heteroatoms. The zero-order valence-electron chi connectivity index (χ0n) is 10.4. The SMILES string of the molecule is CC1C(C)C(C)C(I)C(C)C1C.CN. The summed E-state index contributed by atoms with van der Waals surface area (Å²) in [7, 11) is 1.50. The van der Waals surface area contributed by atoms with Crippen LogP contribution in [0.5, 0.6) is 0 Å². The van der Waals surface area contributed by atoms with Gasteiger partial charge in [-0.05, 0) is 36.6 Å². The van der Waals surface area contributed by atoms with Crippen molar-refractivity contribution in [3.8, 4) is 0 Å². The molecule has 0 amide bonds. The Balaban J connectivity index is 0.000000791. The van der Waals surface area contributed by atoms with Gasteiger partial charge in [-0.3, -0.25) is 0 Å². The Bertz CT molecular complexity index is 102. The van der Waals surface area contributed by atoms with Crippen LogP contribution in [0.3, 0.4) is 0 Å². The molecular weight excluding hydrogens is 285 g/mol. The summed E-state index contributed by atoms with van der Waals surface area (Å²) in [5.74, 6) is 4.50. The first-order valence-corrected chi connectivity index (χ1v) is 6.93. The number of hydrogen-bond donors (Lipinski definition) is 1. The standard InChI is InChI=1S/C11H21I.CH5N/c1-6-7(2)9(4)11(12)10(5)8(6)3;1-2/h6-11H,1-5H3;2H2,1H3. The topological polar surface area (TPSA) is 26.0 Å². The number of alkyl halides is 1. The van der Waals surface area contributed by atoms with Gasteiger partial charge in [-0.15, -0.1) is 0 Å². The number of hydrogen-bond acceptors (Lipinski definition) is 1. The van der Waals surface area contributed by atoms with Gasteiger partial charge in [0.05, 0.1) is 0 Å². The van der Waals surface area contributed by atoms with Gasteiger partial charge in [-0.1, -0.05) is 57.2 Å². The molecule has 0 saturated heterocycles. The highest BCUT2D eigenvalue weighted by molar-refractivity contribution is 14.1. The highest BCUT2D eigenvalue weighted by atomic mass is 127. The third-order valence-corrected chi connectivity index (χ3v) is 6.59. The second-order valence-electron chi connectivity index (χ2n) is 4.74. The molecule has 1 rings (SSSR count).